The van der Waals surface area contributed by atoms with E-state index in [0.29, 0.717) is 16.8 Å². The van der Waals surface area contributed by atoms with Crippen LogP contribution < -0.4 is 10.6 Å². The van der Waals surface area contributed by atoms with Gasteiger partial charge in [-0.2, -0.15) is 10.5 Å². The maximum absolute atomic E-state index is 8.91. The molecule has 0 aliphatic carbocycles. The van der Waals surface area contributed by atoms with E-state index in [-0.39, 0.29) is 0 Å². The summed E-state index contributed by atoms with van der Waals surface area (Å²) in [6.45, 7) is 0. The van der Waals surface area contributed by atoms with Crippen LogP contribution in [0.3, 0.4) is 0 Å². The molecular weight excluding hydrogens is 236 g/mol. The summed E-state index contributed by atoms with van der Waals surface area (Å²) >= 11 is 0. The van der Waals surface area contributed by atoms with Crippen LogP contribution in [0, 0.1) is 22.7 Å². The summed E-state index contributed by atoms with van der Waals surface area (Å²) in [4.78, 5) is 1.89. The highest BCUT2D eigenvalue weighted by atomic mass is 15.1. The van der Waals surface area contributed by atoms with Gasteiger partial charge in [-0.25, -0.2) is 0 Å². The van der Waals surface area contributed by atoms with Crippen molar-refractivity contribution < 1.29 is 0 Å². The van der Waals surface area contributed by atoms with Gasteiger partial charge in [-0.15, -0.1) is 0 Å². The first-order chi connectivity index (χ1) is 9.15. The molecule has 92 valence electrons. The summed E-state index contributed by atoms with van der Waals surface area (Å²) in [6, 6.07) is 16.6. The summed E-state index contributed by atoms with van der Waals surface area (Å²) in [5, 5.41) is 17.7. The van der Waals surface area contributed by atoms with Crippen LogP contribution in [0.15, 0.2) is 42.5 Å². The number of anilines is 3. The van der Waals surface area contributed by atoms with E-state index in [1.54, 1.807) is 30.3 Å². The maximum atomic E-state index is 8.91. The minimum Gasteiger partial charge on any atom is -0.397 e. The van der Waals surface area contributed by atoms with Crippen molar-refractivity contribution in [1.29, 1.82) is 10.5 Å². The van der Waals surface area contributed by atoms with Crippen LogP contribution >= 0.6 is 0 Å². The lowest BCUT2D eigenvalue weighted by molar-refractivity contribution is 1.21. The second-order valence-electron chi connectivity index (χ2n) is 4.11. The zero-order chi connectivity index (χ0) is 13.8. The average Bonchev–Trinajstić information content (AvgIpc) is 2.46. The first-order valence-corrected chi connectivity index (χ1v) is 5.69. The van der Waals surface area contributed by atoms with E-state index in [2.05, 4.69) is 12.1 Å². The van der Waals surface area contributed by atoms with E-state index in [9.17, 15) is 0 Å². The van der Waals surface area contributed by atoms with Crippen molar-refractivity contribution in [3.8, 4) is 12.1 Å². The lowest BCUT2D eigenvalue weighted by Crippen LogP contribution is -2.11. The highest BCUT2D eigenvalue weighted by Gasteiger charge is 2.08. The quantitative estimate of drug-likeness (QED) is 0.829. The van der Waals surface area contributed by atoms with Crippen molar-refractivity contribution in [2.75, 3.05) is 17.7 Å². The van der Waals surface area contributed by atoms with Crippen molar-refractivity contribution in [3.05, 3.63) is 53.6 Å². The van der Waals surface area contributed by atoms with Crippen molar-refractivity contribution >= 4 is 17.1 Å². The molecule has 0 aliphatic rings. The molecule has 0 saturated carbocycles. The summed E-state index contributed by atoms with van der Waals surface area (Å²) < 4.78 is 0. The predicted octanol–water partition coefficient (Wildman–Crippen LogP) is 2.78. The molecule has 0 aliphatic heterocycles. The van der Waals surface area contributed by atoms with Gasteiger partial charge < -0.3 is 10.6 Å². The van der Waals surface area contributed by atoms with E-state index < -0.39 is 0 Å². The van der Waals surface area contributed by atoms with Gasteiger partial charge in [-0.05, 0) is 36.4 Å². The first kappa shape index (κ1) is 12.5. The fourth-order valence-corrected chi connectivity index (χ4v) is 1.85. The number of nitrogens with two attached hydrogens (primary N) is 1. The van der Waals surface area contributed by atoms with Crippen LogP contribution in [-0.2, 0) is 0 Å². The molecule has 0 unspecified atom stereocenters. The summed E-state index contributed by atoms with van der Waals surface area (Å²) in [6.07, 6.45) is 0. The van der Waals surface area contributed by atoms with Crippen LogP contribution in [0.25, 0.3) is 0 Å². The van der Waals surface area contributed by atoms with Crippen LogP contribution in [0.4, 0.5) is 17.1 Å². The van der Waals surface area contributed by atoms with E-state index in [0.717, 1.165) is 11.4 Å². The molecule has 0 aromatic heterocycles. The van der Waals surface area contributed by atoms with Gasteiger partial charge in [-0.3, -0.25) is 0 Å². The molecule has 0 bridgehead atoms. The van der Waals surface area contributed by atoms with Crippen molar-refractivity contribution in [3.63, 3.8) is 0 Å². The van der Waals surface area contributed by atoms with Gasteiger partial charge in [0.15, 0.2) is 0 Å². The van der Waals surface area contributed by atoms with E-state index in [1.807, 2.05) is 24.1 Å². The van der Waals surface area contributed by atoms with Crippen molar-refractivity contribution in [1.82, 2.24) is 0 Å². The van der Waals surface area contributed by atoms with Crippen LogP contribution in [0.1, 0.15) is 11.1 Å². The summed E-state index contributed by atoms with van der Waals surface area (Å²) in [7, 11) is 1.87. The fraction of sp³-hybridized carbons (Fsp3) is 0.0667. The first-order valence-electron chi connectivity index (χ1n) is 5.69. The Balaban J connectivity index is 2.42. The zero-order valence-electron chi connectivity index (χ0n) is 10.5. The minimum absolute atomic E-state index is 0.528. The molecule has 0 heterocycles. The number of rotatable bonds is 2. The standard InChI is InChI=1S/C15H12N4/c1-19(13-4-2-3-11(7-13)9-16)15-6-5-12(10-17)8-14(15)18/h2-8H,18H2,1H3. The topological polar surface area (TPSA) is 76.8 Å². The van der Waals surface area contributed by atoms with Crippen LogP contribution in [-0.4, -0.2) is 7.05 Å². The lowest BCUT2D eigenvalue weighted by Gasteiger charge is -2.21. The number of hydrogen-bond donors (Lipinski definition) is 1. The number of nitrogen functional groups attached to an aromatic ring is 1. The van der Waals surface area contributed by atoms with Crippen molar-refractivity contribution in [2.24, 2.45) is 0 Å². The summed E-state index contributed by atoms with van der Waals surface area (Å²) in [5.41, 5.74) is 9.27. The molecule has 0 fully saturated rings. The molecule has 2 aromatic carbocycles. The monoisotopic (exact) mass is 248 g/mol. The minimum atomic E-state index is 0.528. The number of nitrogens with zero attached hydrogens (tertiary/aromatic N) is 3. The smallest absolute Gasteiger partial charge is 0.0992 e. The van der Waals surface area contributed by atoms with E-state index in [1.165, 1.54) is 0 Å². The third-order valence-corrected chi connectivity index (χ3v) is 2.88. The zero-order valence-corrected chi connectivity index (χ0v) is 10.5. The Kier molecular flexibility index (Phi) is 3.36. The largest absolute Gasteiger partial charge is 0.397 e. The summed E-state index contributed by atoms with van der Waals surface area (Å²) in [5.74, 6) is 0. The SMILES string of the molecule is CN(c1cccc(C#N)c1)c1ccc(C#N)cc1N. The molecule has 0 amide bonds. The molecule has 19 heavy (non-hydrogen) atoms. The second kappa shape index (κ2) is 5.12. The molecule has 4 nitrogen and oxygen atoms in total. The molecule has 2 N–H and O–H groups in total. The Hall–Kier alpha value is -2.98. The molecule has 2 rings (SSSR count). The highest BCUT2D eigenvalue weighted by Crippen LogP contribution is 2.29. The molecule has 0 saturated heterocycles. The van der Waals surface area contributed by atoms with Gasteiger partial charge in [0, 0.05) is 12.7 Å². The van der Waals surface area contributed by atoms with Crippen LogP contribution in [0.2, 0.25) is 0 Å². The molecule has 4 heteroatoms. The third kappa shape index (κ3) is 2.48. The second-order valence-corrected chi connectivity index (χ2v) is 4.11. The van der Waals surface area contributed by atoms with E-state index >= 15 is 0 Å². The van der Waals surface area contributed by atoms with Gasteiger partial charge in [0.2, 0.25) is 0 Å². The van der Waals surface area contributed by atoms with E-state index in [4.69, 9.17) is 16.3 Å². The normalized spacial score (nSPS) is 9.42. The van der Waals surface area contributed by atoms with Gasteiger partial charge in [0.05, 0.1) is 34.6 Å². The number of hydrogen-bond acceptors (Lipinski definition) is 4. The lowest BCUT2D eigenvalue weighted by atomic mass is 10.1. The Labute approximate surface area is 111 Å². The average molecular weight is 248 g/mol. The Morgan fingerprint density at radius 3 is 2.32 bits per heavy atom. The van der Waals surface area contributed by atoms with Crippen molar-refractivity contribution in [2.45, 2.75) is 0 Å². The molecule has 0 radical (unpaired) electrons. The van der Waals surface area contributed by atoms with Gasteiger partial charge >= 0.3 is 0 Å². The highest BCUT2D eigenvalue weighted by molar-refractivity contribution is 5.76. The van der Waals surface area contributed by atoms with Gasteiger partial charge in [0.1, 0.15) is 0 Å². The van der Waals surface area contributed by atoms with Gasteiger partial charge in [0.25, 0.3) is 0 Å². The molecular formula is C15H12N4. The predicted molar refractivity (Wildman–Crippen MR) is 74.8 cm³/mol. The maximum Gasteiger partial charge on any atom is 0.0992 e. The Morgan fingerprint density at radius 2 is 1.68 bits per heavy atom. The third-order valence-electron chi connectivity index (χ3n) is 2.88. The Morgan fingerprint density at radius 1 is 1.00 bits per heavy atom. The number of nitriles is 2. The van der Waals surface area contributed by atoms with Crippen LogP contribution in [0.5, 0.6) is 0 Å². The fourth-order valence-electron chi connectivity index (χ4n) is 1.85. The van der Waals surface area contributed by atoms with Gasteiger partial charge in [-0.1, -0.05) is 6.07 Å². The number of benzene rings is 2. The molecule has 0 spiro atoms. The Bertz CT molecular complexity index is 692. The molecule has 0 atom stereocenters. The molecule has 2 aromatic rings.